The van der Waals surface area contributed by atoms with E-state index < -0.39 is 0 Å². The number of nitrogens with zero attached hydrogens (tertiary/aromatic N) is 3. The lowest BCUT2D eigenvalue weighted by atomic mass is 9.64. The largest absolute Gasteiger partial charge is 0.359 e. The molecule has 1 aromatic carbocycles. The molecule has 0 radical (unpaired) electrons. The van der Waals surface area contributed by atoms with Gasteiger partial charge < -0.3 is 10.2 Å². The Kier molecular flexibility index (Phi) is 5.23. The highest BCUT2D eigenvalue weighted by molar-refractivity contribution is 5.31. The fraction of sp³-hybridized carbons (Fsp3) is 0.545. The van der Waals surface area contributed by atoms with E-state index in [4.69, 9.17) is 0 Å². The summed E-state index contributed by atoms with van der Waals surface area (Å²) in [4.78, 5) is 19.9. The van der Waals surface area contributed by atoms with E-state index in [0.717, 1.165) is 43.2 Å². The minimum absolute atomic E-state index is 0.0747. The summed E-state index contributed by atoms with van der Waals surface area (Å²) in [5, 5.41) is 3.01. The average Bonchev–Trinajstić information content (AvgIpc) is 2.99. The summed E-state index contributed by atoms with van der Waals surface area (Å²) in [6.07, 6.45) is 1.93. The van der Waals surface area contributed by atoms with Gasteiger partial charge in [-0.05, 0) is 62.1 Å². The van der Waals surface area contributed by atoms with Gasteiger partial charge in [-0.25, -0.2) is 9.37 Å². The number of halogens is 1. The first-order chi connectivity index (χ1) is 13.5. The van der Waals surface area contributed by atoms with Crippen molar-refractivity contribution < 1.29 is 4.39 Å². The van der Waals surface area contributed by atoms with Gasteiger partial charge in [-0.2, -0.15) is 0 Å². The Balaban J connectivity index is 1.41. The molecule has 0 spiro atoms. The highest BCUT2D eigenvalue weighted by Crippen LogP contribution is 2.51. The van der Waals surface area contributed by atoms with Crippen molar-refractivity contribution in [2.75, 3.05) is 32.0 Å². The van der Waals surface area contributed by atoms with Gasteiger partial charge in [0.05, 0.1) is 0 Å². The van der Waals surface area contributed by atoms with Crippen LogP contribution in [0.4, 0.5) is 10.3 Å². The number of benzene rings is 1. The summed E-state index contributed by atoms with van der Waals surface area (Å²) in [7, 11) is 1.80. The third-order valence-corrected chi connectivity index (χ3v) is 6.63. The van der Waals surface area contributed by atoms with E-state index in [1.54, 1.807) is 23.7 Å². The molecule has 3 unspecified atom stereocenters. The normalized spacial score (nSPS) is 24.1. The third-order valence-electron chi connectivity index (χ3n) is 6.63. The van der Waals surface area contributed by atoms with Gasteiger partial charge in [0.15, 0.2) is 0 Å². The maximum Gasteiger partial charge on any atom is 0.258 e. The second-order valence-electron chi connectivity index (χ2n) is 8.13. The van der Waals surface area contributed by atoms with Crippen LogP contribution in [-0.2, 0) is 13.0 Å². The highest BCUT2D eigenvalue weighted by Gasteiger charge is 2.47. The highest BCUT2D eigenvalue weighted by atomic mass is 19.1. The molecule has 1 aliphatic heterocycles. The summed E-state index contributed by atoms with van der Waals surface area (Å²) in [5.41, 5.74) is 2.99. The second kappa shape index (κ2) is 7.66. The summed E-state index contributed by atoms with van der Waals surface area (Å²) >= 11 is 0. The number of aryl methyl sites for hydroxylation is 1. The number of rotatable bonds is 6. The predicted octanol–water partition coefficient (Wildman–Crippen LogP) is 3.03. The van der Waals surface area contributed by atoms with Gasteiger partial charge in [-0.1, -0.05) is 12.1 Å². The van der Waals surface area contributed by atoms with Crippen molar-refractivity contribution >= 4 is 5.95 Å². The first-order valence-electron chi connectivity index (χ1n) is 10.3. The van der Waals surface area contributed by atoms with Crippen LogP contribution in [0, 0.1) is 24.6 Å². The van der Waals surface area contributed by atoms with Gasteiger partial charge in [0.1, 0.15) is 5.82 Å². The molecule has 28 heavy (non-hydrogen) atoms. The number of hydrogen-bond acceptors (Lipinski definition) is 4. The quantitative estimate of drug-likeness (QED) is 0.832. The molecule has 2 heterocycles. The van der Waals surface area contributed by atoms with Crippen LogP contribution >= 0.6 is 0 Å². The third kappa shape index (κ3) is 3.34. The van der Waals surface area contributed by atoms with E-state index in [2.05, 4.69) is 15.2 Å². The number of likely N-dealkylation sites (tertiary alicyclic amines) is 1. The molecule has 4 rings (SSSR count). The van der Waals surface area contributed by atoms with Gasteiger partial charge in [-0.3, -0.25) is 9.36 Å². The number of fused-ring (bicyclic) bond motifs is 1. The van der Waals surface area contributed by atoms with Gasteiger partial charge in [-0.15, -0.1) is 0 Å². The summed E-state index contributed by atoms with van der Waals surface area (Å²) in [5.74, 6) is 2.40. The Labute approximate surface area is 165 Å². The van der Waals surface area contributed by atoms with Gasteiger partial charge >= 0.3 is 0 Å². The SMILES string of the molecule is CCn1c(NC)nc(C)c(CCN2CC3CC(c4ccc(F)cc4)C3C2)c1=O. The van der Waals surface area contributed by atoms with Crippen LogP contribution in [0.15, 0.2) is 29.1 Å². The van der Waals surface area contributed by atoms with Crippen molar-refractivity contribution in [1.29, 1.82) is 0 Å². The molecule has 2 aliphatic rings. The van der Waals surface area contributed by atoms with E-state index in [-0.39, 0.29) is 11.4 Å². The van der Waals surface area contributed by atoms with Gasteiger partial charge in [0.2, 0.25) is 5.95 Å². The standard InChI is InChI=1S/C22H29FN4O/c1-4-27-21(28)18(14(2)25-22(27)24-3)9-10-26-12-16-11-19(20(16)13-26)15-5-7-17(23)8-6-15/h5-8,16,19-20H,4,9-13H2,1-3H3,(H,24,25). The van der Waals surface area contributed by atoms with Crippen molar-refractivity contribution in [2.45, 2.75) is 39.2 Å². The molecule has 5 nitrogen and oxygen atoms in total. The first kappa shape index (κ1) is 19.1. The van der Waals surface area contributed by atoms with Crippen molar-refractivity contribution in [1.82, 2.24) is 14.5 Å². The molecule has 1 saturated carbocycles. The summed E-state index contributed by atoms with van der Waals surface area (Å²) < 4.78 is 14.9. The maximum atomic E-state index is 13.2. The zero-order chi connectivity index (χ0) is 19.8. The predicted molar refractivity (Wildman–Crippen MR) is 109 cm³/mol. The van der Waals surface area contributed by atoms with Crippen molar-refractivity contribution in [3.05, 3.63) is 57.3 Å². The van der Waals surface area contributed by atoms with Crippen molar-refractivity contribution in [2.24, 2.45) is 11.8 Å². The Morgan fingerprint density at radius 2 is 2.00 bits per heavy atom. The summed E-state index contributed by atoms with van der Waals surface area (Å²) in [6, 6.07) is 7.01. The fourth-order valence-corrected chi connectivity index (χ4v) is 5.02. The average molecular weight is 384 g/mol. The van der Waals surface area contributed by atoms with Crippen LogP contribution < -0.4 is 10.9 Å². The molecular formula is C22H29FN4O. The Bertz CT molecular complexity index is 908. The van der Waals surface area contributed by atoms with Crippen LogP contribution in [0.5, 0.6) is 0 Å². The molecule has 1 aromatic heterocycles. The Morgan fingerprint density at radius 1 is 1.25 bits per heavy atom. The molecule has 2 aromatic rings. The monoisotopic (exact) mass is 384 g/mol. The molecule has 1 N–H and O–H groups in total. The second-order valence-corrected chi connectivity index (χ2v) is 8.13. The van der Waals surface area contributed by atoms with Crippen molar-refractivity contribution in [3.8, 4) is 0 Å². The van der Waals surface area contributed by atoms with Crippen LogP contribution in [-0.4, -0.2) is 41.1 Å². The van der Waals surface area contributed by atoms with Gasteiger partial charge in [0, 0.05) is 44.5 Å². The molecule has 150 valence electrons. The van der Waals surface area contributed by atoms with Crippen molar-refractivity contribution in [3.63, 3.8) is 0 Å². The molecule has 1 saturated heterocycles. The minimum Gasteiger partial charge on any atom is -0.359 e. The molecule has 3 atom stereocenters. The number of anilines is 1. The molecule has 0 bridgehead atoms. The maximum absolute atomic E-state index is 13.2. The van der Waals surface area contributed by atoms with E-state index in [9.17, 15) is 9.18 Å². The smallest absolute Gasteiger partial charge is 0.258 e. The lowest BCUT2D eigenvalue weighted by Gasteiger charge is -2.40. The van der Waals surface area contributed by atoms with Crippen LogP contribution in [0.25, 0.3) is 0 Å². The van der Waals surface area contributed by atoms with E-state index in [1.807, 2.05) is 26.0 Å². The summed E-state index contributed by atoms with van der Waals surface area (Å²) in [6.45, 7) is 7.57. The lowest BCUT2D eigenvalue weighted by molar-refractivity contribution is 0.191. The molecule has 1 aliphatic carbocycles. The zero-order valence-electron chi connectivity index (χ0n) is 16.9. The molecular weight excluding hydrogens is 355 g/mol. The molecule has 0 amide bonds. The van der Waals surface area contributed by atoms with Crippen LogP contribution in [0.3, 0.4) is 0 Å². The minimum atomic E-state index is -0.168. The molecule has 2 fully saturated rings. The number of aromatic nitrogens is 2. The lowest BCUT2D eigenvalue weighted by Crippen LogP contribution is -2.33. The fourth-order valence-electron chi connectivity index (χ4n) is 5.02. The topological polar surface area (TPSA) is 50.2 Å². The zero-order valence-corrected chi connectivity index (χ0v) is 16.9. The van der Waals surface area contributed by atoms with E-state index >= 15 is 0 Å². The number of hydrogen-bond donors (Lipinski definition) is 1. The van der Waals surface area contributed by atoms with Crippen LogP contribution in [0.1, 0.15) is 36.1 Å². The van der Waals surface area contributed by atoms with Crippen LogP contribution in [0.2, 0.25) is 0 Å². The Morgan fingerprint density at radius 3 is 2.68 bits per heavy atom. The first-order valence-corrected chi connectivity index (χ1v) is 10.3. The van der Waals surface area contributed by atoms with Gasteiger partial charge in [0.25, 0.3) is 5.56 Å². The Hall–Kier alpha value is -2.21. The van der Waals surface area contributed by atoms with E-state index in [1.165, 1.54) is 12.0 Å². The van der Waals surface area contributed by atoms with E-state index in [0.29, 0.717) is 24.3 Å². The number of nitrogens with one attached hydrogen (secondary N) is 1. The molecule has 6 heteroatoms.